The highest BCUT2D eigenvalue weighted by Gasteiger charge is 2.30. The Morgan fingerprint density at radius 1 is 1.38 bits per heavy atom. The summed E-state index contributed by atoms with van der Waals surface area (Å²) in [6.45, 7) is 2.13. The molecule has 1 unspecified atom stereocenters. The molecule has 0 aliphatic carbocycles. The molecule has 1 saturated heterocycles. The molecule has 0 bridgehead atoms. The molecule has 1 heterocycles. The van der Waals surface area contributed by atoms with Crippen LogP contribution in [0.2, 0.25) is 5.02 Å². The predicted octanol–water partition coefficient (Wildman–Crippen LogP) is 2.03. The summed E-state index contributed by atoms with van der Waals surface area (Å²) in [5, 5.41) is 2.79. The maximum atomic E-state index is 11.6. The quantitative estimate of drug-likeness (QED) is 0.814. The van der Waals surface area contributed by atoms with Crippen molar-refractivity contribution in [3.05, 3.63) is 29.3 Å². The molecular formula is C11H11ClN2O2. The molecule has 1 atom stereocenters. The largest absolute Gasteiger partial charge is 0.328 e. The first kappa shape index (κ1) is 11.0. The Morgan fingerprint density at radius 2 is 2.06 bits per heavy atom. The van der Waals surface area contributed by atoms with Crippen LogP contribution in [0.4, 0.5) is 10.5 Å². The monoisotopic (exact) mass is 238 g/mol. The number of hydrogen-bond acceptors (Lipinski definition) is 2. The van der Waals surface area contributed by atoms with Gasteiger partial charge in [-0.1, -0.05) is 30.7 Å². The van der Waals surface area contributed by atoms with Gasteiger partial charge in [-0.3, -0.25) is 15.0 Å². The lowest BCUT2D eigenvalue weighted by Gasteiger charge is -2.30. The van der Waals surface area contributed by atoms with Crippen molar-refractivity contribution in [3.8, 4) is 0 Å². The Bertz CT molecular complexity index is 447. The molecule has 1 N–H and O–H groups in total. The average molecular weight is 239 g/mol. The zero-order valence-corrected chi connectivity index (χ0v) is 9.49. The van der Waals surface area contributed by atoms with Crippen molar-refractivity contribution in [2.24, 2.45) is 5.92 Å². The zero-order chi connectivity index (χ0) is 11.7. The number of amides is 3. The number of carbonyl (C=O) groups is 2. The SMILES string of the molecule is CC1CN(c2ccccc2Cl)C(=O)NC1=O. The van der Waals surface area contributed by atoms with E-state index in [2.05, 4.69) is 5.32 Å². The maximum Gasteiger partial charge on any atom is 0.328 e. The van der Waals surface area contributed by atoms with E-state index in [1.54, 1.807) is 31.2 Å². The highest BCUT2D eigenvalue weighted by molar-refractivity contribution is 6.34. The number of urea groups is 1. The van der Waals surface area contributed by atoms with E-state index in [1.165, 1.54) is 4.90 Å². The van der Waals surface area contributed by atoms with Gasteiger partial charge in [-0.2, -0.15) is 0 Å². The third-order valence-electron chi connectivity index (χ3n) is 2.52. The van der Waals surface area contributed by atoms with E-state index < -0.39 is 6.03 Å². The van der Waals surface area contributed by atoms with Gasteiger partial charge in [0, 0.05) is 6.54 Å². The number of para-hydroxylation sites is 1. The molecule has 1 aliphatic heterocycles. The minimum atomic E-state index is -0.420. The van der Waals surface area contributed by atoms with Gasteiger partial charge in [0.05, 0.1) is 16.6 Å². The molecule has 0 aromatic heterocycles. The smallest absolute Gasteiger partial charge is 0.292 e. The molecule has 0 radical (unpaired) electrons. The number of carbonyl (C=O) groups excluding carboxylic acids is 2. The van der Waals surface area contributed by atoms with Gasteiger partial charge >= 0.3 is 6.03 Å². The van der Waals surface area contributed by atoms with Crippen LogP contribution in [0.1, 0.15) is 6.92 Å². The summed E-state index contributed by atoms with van der Waals surface area (Å²) in [5.41, 5.74) is 0.626. The van der Waals surface area contributed by atoms with E-state index in [4.69, 9.17) is 11.6 Å². The summed E-state index contributed by atoms with van der Waals surface area (Å²) < 4.78 is 0. The Hall–Kier alpha value is -1.55. The second kappa shape index (κ2) is 4.14. The first-order chi connectivity index (χ1) is 7.59. The standard InChI is InChI=1S/C11H11ClN2O2/c1-7-6-14(11(16)13-10(7)15)9-5-3-2-4-8(9)12/h2-5,7H,6H2,1H3,(H,13,15,16). The molecule has 0 saturated carbocycles. The first-order valence-corrected chi connectivity index (χ1v) is 5.34. The summed E-state index contributed by atoms with van der Waals surface area (Å²) in [6, 6.07) is 6.64. The third kappa shape index (κ3) is 1.88. The Morgan fingerprint density at radius 3 is 2.75 bits per heavy atom. The molecule has 2 rings (SSSR count). The third-order valence-corrected chi connectivity index (χ3v) is 2.84. The van der Waals surface area contributed by atoms with E-state index in [0.717, 1.165) is 0 Å². The second-order valence-electron chi connectivity index (χ2n) is 3.76. The summed E-state index contributed by atoms with van der Waals surface area (Å²) in [6.07, 6.45) is 0. The average Bonchev–Trinajstić information content (AvgIpc) is 2.25. The molecule has 84 valence electrons. The molecular weight excluding hydrogens is 228 g/mol. The number of anilines is 1. The van der Waals surface area contributed by atoms with Crippen LogP contribution in [-0.2, 0) is 4.79 Å². The van der Waals surface area contributed by atoms with Gasteiger partial charge in [-0.05, 0) is 12.1 Å². The number of hydrogen-bond donors (Lipinski definition) is 1. The molecule has 1 aromatic rings. The van der Waals surface area contributed by atoms with Crippen LogP contribution in [-0.4, -0.2) is 18.5 Å². The van der Waals surface area contributed by atoms with Crippen molar-refractivity contribution < 1.29 is 9.59 Å². The lowest BCUT2D eigenvalue weighted by Crippen LogP contribution is -2.54. The summed E-state index contributed by atoms with van der Waals surface area (Å²) >= 11 is 6.00. The Labute approximate surface area is 98.2 Å². The van der Waals surface area contributed by atoms with Gasteiger partial charge in [0.2, 0.25) is 5.91 Å². The van der Waals surface area contributed by atoms with Crippen LogP contribution in [0.3, 0.4) is 0 Å². The van der Waals surface area contributed by atoms with Gasteiger partial charge in [0.1, 0.15) is 0 Å². The number of benzene rings is 1. The van der Waals surface area contributed by atoms with Crippen LogP contribution < -0.4 is 10.2 Å². The van der Waals surface area contributed by atoms with E-state index in [-0.39, 0.29) is 11.8 Å². The van der Waals surface area contributed by atoms with Crippen LogP contribution in [0.15, 0.2) is 24.3 Å². The second-order valence-corrected chi connectivity index (χ2v) is 4.16. The topological polar surface area (TPSA) is 49.4 Å². The van der Waals surface area contributed by atoms with Crippen LogP contribution in [0.25, 0.3) is 0 Å². The lowest BCUT2D eigenvalue weighted by atomic mass is 10.1. The maximum absolute atomic E-state index is 11.6. The van der Waals surface area contributed by atoms with Crippen molar-refractivity contribution in [3.63, 3.8) is 0 Å². The van der Waals surface area contributed by atoms with Crippen LogP contribution in [0, 0.1) is 5.92 Å². The summed E-state index contributed by atoms with van der Waals surface area (Å²) in [5.74, 6) is -0.470. The van der Waals surface area contributed by atoms with E-state index in [0.29, 0.717) is 17.3 Å². The molecule has 3 amide bonds. The fourth-order valence-electron chi connectivity index (χ4n) is 1.61. The molecule has 1 fully saturated rings. The van der Waals surface area contributed by atoms with Crippen molar-refractivity contribution in [2.75, 3.05) is 11.4 Å². The van der Waals surface area contributed by atoms with Crippen molar-refractivity contribution >= 4 is 29.2 Å². The van der Waals surface area contributed by atoms with Crippen LogP contribution in [0.5, 0.6) is 0 Å². The zero-order valence-electron chi connectivity index (χ0n) is 8.74. The van der Waals surface area contributed by atoms with Gasteiger partial charge in [-0.15, -0.1) is 0 Å². The summed E-state index contributed by atoms with van der Waals surface area (Å²) in [7, 11) is 0. The van der Waals surface area contributed by atoms with Crippen molar-refractivity contribution in [2.45, 2.75) is 6.92 Å². The highest BCUT2D eigenvalue weighted by atomic mass is 35.5. The fourth-order valence-corrected chi connectivity index (χ4v) is 1.85. The van der Waals surface area contributed by atoms with E-state index in [1.807, 2.05) is 0 Å². The Balaban J connectivity index is 2.31. The highest BCUT2D eigenvalue weighted by Crippen LogP contribution is 2.27. The molecule has 1 aromatic carbocycles. The lowest BCUT2D eigenvalue weighted by molar-refractivity contribution is -0.123. The number of imide groups is 1. The number of nitrogens with one attached hydrogen (secondary N) is 1. The molecule has 5 heteroatoms. The predicted molar refractivity (Wildman–Crippen MR) is 61.5 cm³/mol. The van der Waals surface area contributed by atoms with E-state index >= 15 is 0 Å². The summed E-state index contributed by atoms with van der Waals surface area (Å²) in [4.78, 5) is 24.4. The van der Waals surface area contributed by atoms with Gasteiger partial charge in [0.15, 0.2) is 0 Å². The first-order valence-electron chi connectivity index (χ1n) is 4.96. The minimum Gasteiger partial charge on any atom is -0.292 e. The van der Waals surface area contributed by atoms with Gasteiger partial charge in [-0.25, -0.2) is 4.79 Å². The van der Waals surface area contributed by atoms with Gasteiger partial charge in [0.25, 0.3) is 0 Å². The number of rotatable bonds is 1. The molecule has 4 nitrogen and oxygen atoms in total. The van der Waals surface area contributed by atoms with Crippen molar-refractivity contribution in [1.82, 2.24) is 5.32 Å². The fraction of sp³-hybridized carbons (Fsp3) is 0.273. The number of halogens is 1. The van der Waals surface area contributed by atoms with Gasteiger partial charge < -0.3 is 0 Å². The van der Waals surface area contributed by atoms with Crippen LogP contribution >= 0.6 is 11.6 Å². The number of nitrogens with zero attached hydrogens (tertiary/aromatic N) is 1. The normalized spacial score (nSPS) is 20.9. The molecule has 16 heavy (non-hydrogen) atoms. The Kier molecular flexibility index (Phi) is 2.83. The van der Waals surface area contributed by atoms with E-state index in [9.17, 15) is 9.59 Å². The molecule has 1 aliphatic rings. The minimum absolute atomic E-state index is 0.228. The molecule has 0 spiro atoms. The van der Waals surface area contributed by atoms with Crippen molar-refractivity contribution in [1.29, 1.82) is 0 Å².